The molecule has 0 bridgehead atoms. The number of carboxylic acid groups (broad SMARTS) is 1. The lowest BCUT2D eigenvalue weighted by Gasteiger charge is -2.01. The molecule has 0 aliphatic rings. The summed E-state index contributed by atoms with van der Waals surface area (Å²) in [5.74, 6) is -0.924. The van der Waals surface area contributed by atoms with Gasteiger partial charge in [-0.15, -0.1) is 0 Å². The van der Waals surface area contributed by atoms with E-state index in [2.05, 4.69) is 0 Å². The van der Waals surface area contributed by atoms with Gasteiger partial charge in [0.05, 0.1) is 5.56 Å². The van der Waals surface area contributed by atoms with E-state index in [1.54, 1.807) is 30.3 Å². The molecular weight excluding hydrogens is 227 g/mol. The van der Waals surface area contributed by atoms with Gasteiger partial charge in [0.15, 0.2) is 0 Å². The van der Waals surface area contributed by atoms with Crippen LogP contribution in [0.3, 0.4) is 0 Å². The van der Waals surface area contributed by atoms with Gasteiger partial charge < -0.3 is 5.11 Å². The molecule has 0 atom stereocenters. The summed E-state index contributed by atoms with van der Waals surface area (Å²) in [6.45, 7) is 0. The van der Waals surface area contributed by atoms with Gasteiger partial charge in [0.25, 0.3) is 0 Å². The summed E-state index contributed by atoms with van der Waals surface area (Å²) in [6.07, 6.45) is 0. The van der Waals surface area contributed by atoms with Gasteiger partial charge >= 0.3 is 5.97 Å². The van der Waals surface area contributed by atoms with Crippen LogP contribution in [-0.2, 0) is 0 Å². The number of carbonyl (C=O) groups is 1. The Morgan fingerprint density at radius 2 is 1.93 bits per heavy atom. The minimum atomic E-state index is -0.924. The maximum absolute atomic E-state index is 10.7. The highest BCUT2D eigenvalue weighted by Gasteiger charge is 2.04. The number of carboxylic acids is 1. The van der Waals surface area contributed by atoms with Gasteiger partial charge in [0, 0.05) is 27.8 Å². The van der Waals surface area contributed by atoms with E-state index < -0.39 is 5.97 Å². The lowest BCUT2D eigenvalue weighted by atomic mass is 10.1. The van der Waals surface area contributed by atoms with Crippen molar-refractivity contribution in [3.8, 4) is 0 Å². The molecule has 2 aromatic carbocycles. The summed E-state index contributed by atoms with van der Waals surface area (Å²) in [4.78, 5) is 10.7. The fourth-order valence-corrected chi connectivity index (χ4v) is 1.62. The highest BCUT2D eigenvalue weighted by atomic mass is 35.5. The summed E-state index contributed by atoms with van der Waals surface area (Å²) in [5, 5.41) is 11.1. The Morgan fingerprint density at radius 1 is 1.20 bits per heavy atom. The average Bonchev–Trinajstić information content (AvgIpc) is 2.17. The third-order valence-corrected chi connectivity index (χ3v) is 2.40. The van der Waals surface area contributed by atoms with E-state index in [0.29, 0.717) is 5.02 Å². The highest BCUT2D eigenvalue weighted by Crippen LogP contribution is 2.23. The van der Waals surface area contributed by atoms with Crippen molar-refractivity contribution in [2.24, 2.45) is 0 Å². The summed E-state index contributed by atoms with van der Waals surface area (Å²) in [5.41, 5.74) is 0.278. The predicted octanol–water partition coefficient (Wildman–Crippen LogP) is 2.81. The fourth-order valence-electron chi connectivity index (χ4n) is 1.38. The molecule has 1 N–H and O–H groups in total. The van der Waals surface area contributed by atoms with Crippen molar-refractivity contribution >= 4 is 45.7 Å². The van der Waals surface area contributed by atoms with E-state index in [1.807, 2.05) is 6.07 Å². The second kappa shape index (κ2) is 4.67. The van der Waals surface area contributed by atoms with Crippen molar-refractivity contribution in [3.05, 3.63) is 47.0 Å². The Balaban J connectivity index is 0.00000112. The first-order chi connectivity index (χ1) is 6.68. The fraction of sp³-hybridized carbons (Fsp3) is 0. The molecule has 0 spiro atoms. The van der Waals surface area contributed by atoms with E-state index in [1.165, 1.54) is 0 Å². The van der Waals surface area contributed by atoms with Crippen molar-refractivity contribution in [1.29, 1.82) is 0 Å². The van der Waals surface area contributed by atoms with E-state index in [4.69, 9.17) is 16.7 Å². The van der Waals surface area contributed by atoms with Gasteiger partial charge in [-0.25, -0.2) is 4.79 Å². The van der Waals surface area contributed by atoms with Crippen LogP contribution in [0.5, 0.6) is 0 Å². The van der Waals surface area contributed by atoms with Crippen LogP contribution in [0.15, 0.2) is 36.4 Å². The Hall–Kier alpha value is -1.01. The molecule has 73 valence electrons. The lowest BCUT2D eigenvalue weighted by molar-refractivity contribution is 0.0697. The summed E-state index contributed by atoms with van der Waals surface area (Å²) in [6, 6.07) is 10.3. The lowest BCUT2D eigenvalue weighted by Crippen LogP contribution is -1.95. The van der Waals surface area contributed by atoms with Crippen molar-refractivity contribution in [2.75, 3.05) is 0 Å². The number of aromatic carboxylic acids is 1. The topological polar surface area (TPSA) is 37.3 Å². The molecular formula is C11H7AlClO2. The minimum Gasteiger partial charge on any atom is -0.478 e. The number of halogens is 1. The van der Waals surface area contributed by atoms with Crippen LogP contribution in [0, 0.1) is 0 Å². The van der Waals surface area contributed by atoms with Crippen LogP contribution in [-0.4, -0.2) is 28.4 Å². The predicted molar refractivity (Wildman–Crippen MR) is 61.7 cm³/mol. The third kappa shape index (κ3) is 2.32. The molecule has 0 amide bonds. The van der Waals surface area contributed by atoms with Crippen molar-refractivity contribution in [3.63, 3.8) is 0 Å². The molecule has 15 heavy (non-hydrogen) atoms. The number of benzene rings is 2. The number of fused-ring (bicyclic) bond motifs is 1. The van der Waals surface area contributed by atoms with E-state index in [-0.39, 0.29) is 22.9 Å². The first-order valence-electron chi connectivity index (χ1n) is 4.10. The smallest absolute Gasteiger partial charge is 0.335 e. The Kier molecular flexibility index (Phi) is 3.76. The maximum atomic E-state index is 10.7. The standard InChI is InChI=1S/C11H7ClO2.Al/c12-10-3-1-2-7-6-8(11(13)14)4-5-9(7)10;/h1-6H,(H,13,14);. The second-order valence-corrected chi connectivity index (χ2v) is 3.39. The van der Waals surface area contributed by atoms with E-state index in [0.717, 1.165) is 10.8 Å². The molecule has 0 fully saturated rings. The van der Waals surface area contributed by atoms with Gasteiger partial charge in [0.2, 0.25) is 0 Å². The zero-order valence-electron chi connectivity index (χ0n) is 7.77. The van der Waals surface area contributed by atoms with Crippen molar-refractivity contribution in [2.45, 2.75) is 0 Å². The van der Waals surface area contributed by atoms with Gasteiger partial charge in [-0.3, -0.25) is 0 Å². The quantitative estimate of drug-likeness (QED) is 0.769. The SMILES string of the molecule is O=C(O)c1ccc2c(Cl)cccc2c1.[Al]. The molecule has 2 nitrogen and oxygen atoms in total. The molecule has 0 unspecified atom stereocenters. The van der Waals surface area contributed by atoms with Crippen molar-refractivity contribution in [1.82, 2.24) is 0 Å². The summed E-state index contributed by atoms with van der Waals surface area (Å²) < 4.78 is 0. The highest BCUT2D eigenvalue weighted by molar-refractivity contribution is 6.35. The van der Waals surface area contributed by atoms with Gasteiger partial charge in [-0.2, -0.15) is 0 Å². The number of hydrogen-bond acceptors (Lipinski definition) is 1. The van der Waals surface area contributed by atoms with Gasteiger partial charge in [0.1, 0.15) is 0 Å². The number of hydrogen-bond donors (Lipinski definition) is 1. The number of rotatable bonds is 1. The molecule has 0 saturated heterocycles. The molecule has 4 heteroatoms. The molecule has 0 heterocycles. The molecule has 0 aliphatic heterocycles. The van der Waals surface area contributed by atoms with Crippen LogP contribution in [0.25, 0.3) is 10.8 Å². The van der Waals surface area contributed by atoms with Gasteiger partial charge in [-0.05, 0) is 23.6 Å². The van der Waals surface area contributed by atoms with E-state index >= 15 is 0 Å². The Morgan fingerprint density at radius 3 is 2.60 bits per heavy atom. The molecule has 3 radical (unpaired) electrons. The zero-order chi connectivity index (χ0) is 10.1. The first-order valence-corrected chi connectivity index (χ1v) is 4.48. The first kappa shape index (κ1) is 12.1. The van der Waals surface area contributed by atoms with Crippen LogP contribution >= 0.6 is 11.6 Å². The molecule has 2 aromatic rings. The molecule has 0 saturated carbocycles. The minimum absolute atomic E-state index is 0. The van der Waals surface area contributed by atoms with Gasteiger partial charge in [-0.1, -0.05) is 29.8 Å². The average molecular weight is 234 g/mol. The largest absolute Gasteiger partial charge is 0.478 e. The Labute approximate surface area is 103 Å². The second-order valence-electron chi connectivity index (χ2n) is 2.98. The van der Waals surface area contributed by atoms with Crippen molar-refractivity contribution < 1.29 is 9.90 Å². The van der Waals surface area contributed by atoms with E-state index in [9.17, 15) is 4.79 Å². The van der Waals surface area contributed by atoms with Crippen LogP contribution in [0.1, 0.15) is 10.4 Å². The molecule has 2 rings (SSSR count). The Bertz CT molecular complexity index is 511. The molecule has 0 aliphatic carbocycles. The normalized spacial score (nSPS) is 9.67. The molecule has 0 aromatic heterocycles. The summed E-state index contributed by atoms with van der Waals surface area (Å²) >= 11 is 5.94. The third-order valence-electron chi connectivity index (χ3n) is 2.07. The van der Waals surface area contributed by atoms with Crippen LogP contribution < -0.4 is 0 Å². The zero-order valence-corrected chi connectivity index (χ0v) is 9.69. The van der Waals surface area contributed by atoms with Crippen LogP contribution in [0.4, 0.5) is 0 Å². The maximum Gasteiger partial charge on any atom is 0.335 e. The monoisotopic (exact) mass is 233 g/mol. The summed E-state index contributed by atoms with van der Waals surface area (Å²) in [7, 11) is 0. The van der Waals surface area contributed by atoms with Crippen LogP contribution in [0.2, 0.25) is 5.02 Å².